The number of hydrogen-bond donors (Lipinski definition) is 3. The molecule has 3 rings (SSSR count). The molecule has 1 heterocycles. The van der Waals surface area contributed by atoms with Gasteiger partial charge in [0.05, 0.1) is 0 Å². The van der Waals surface area contributed by atoms with Gasteiger partial charge < -0.3 is 10.4 Å². The molecule has 0 atom stereocenters. The van der Waals surface area contributed by atoms with Gasteiger partial charge in [-0.2, -0.15) is 15.4 Å². The summed E-state index contributed by atoms with van der Waals surface area (Å²) in [5.74, 6) is -0.120. The van der Waals surface area contributed by atoms with Crippen LogP contribution in [0.5, 0.6) is 0 Å². The Kier molecular flexibility index (Phi) is 2.52. The van der Waals surface area contributed by atoms with Crippen molar-refractivity contribution in [2.45, 2.75) is 24.8 Å². The molecule has 1 aromatic heterocycles. The second-order valence-corrected chi connectivity index (χ2v) is 4.74. The van der Waals surface area contributed by atoms with Gasteiger partial charge >= 0.3 is 0 Å². The summed E-state index contributed by atoms with van der Waals surface area (Å²) < 4.78 is 0. The number of fused-ring (bicyclic) bond motifs is 1. The molecule has 0 spiro atoms. The smallest absolute Gasteiger partial charge is 0.251 e. The van der Waals surface area contributed by atoms with Gasteiger partial charge in [0.15, 0.2) is 0 Å². The van der Waals surface area contributed by atoms with Gasteiger partial charge in [0.25, 0.3) is 5.91 Å². The van der Waals surface area contributed by atoms with E-state index in [1.54, 1.807) is 18.2 Å². The van der Waals surface area contributed by atoms with Crippen molar-refractivity contribution in [2.24, 2.45) is 0 Å². The summed E-state index contributed by atoms with van der Waals surface area (Å²) in [6.45, 7) is 0.0998. The van der Waals surface area contributed by atoms with Crippen LogP contribution in [-0.2, 0) is 0 Å². The maximum atomic E-state index is 12.1. The van der Waals surface area contributed by atoms with Crippen LogP contribution in [-0.4, -0.2) is 38.6 Å². The minimum Gasteiger partial charge on any atom is -0.396 e. The van der Waals surface area contributed by atoms with Gasteiger partial charge in [0, 0.05) is 17.7 Å². The summed E-state index contributed by atoms with van der Waals surface area (Å²) in [6, 6.07) is 5.21. The first kappa shape index (κ1) is 11.2. The monoisotopic (exact) mass is 246 g/mol. The maximum absolute atomic E-state index is 12.1. The third-order valence-electron chi connectivity index (χ3n) is 3.40. The summed E-state index contributed by atoms with van der Waals surface area (Å²) in [5.41, 5.74) is 1.79. The topological polar surface area (TPSA) is 90.9 Å². The Balaban J connectivity index is 1.79. The van der Waals surface area contributed by atoms with E-state index in [-0.39, 0.29) is 18.1 Å². The van der Waals surface area contributed by atoms with Gasteiger partial charge in [0.1, 0.15) is 11.0 Å². The number of aliphatic hydroxyl groups excluding tert-OH is 1. The average molecular weight is 246 g/mol. The number of aromatic nitrogens is 3. The first-order valence-corrected chi connectivity index (χ1v) is 5.96. The van der Waals surface area contributed by atoms with Crippen LogP contribution < -0.4 is 5.32 Å². The predicted octanol–water partition coefficient (Wildman–Crippen LogP) is 0.603. The van der Waals surface area contributed by atoms with Crippen LogP contribution in [0, 0.1) is 0 Å². The summed E-state index contributed by atoms with van der Waals surface area (Å²) in [4.78, 5) is 12.1. The van der Waals surface area contributed by atoms with Crippen molar-refractivity contribution in [1.29, 1.82) is 0 Å². The maximum Gasteiger partial charge on any atom is 0.251 e. The van der Waals surface area contributed by atoms with Gasteiger partial charge in [0.2, 0.25) is 0 Å². The SMILES string of the molecule is O=C(NC1(CCO)CC1)c1ccc2n[nH]nc2c1. The van der Waals surface area contributed by atoms with E-state index in [2.05, 4.69) is 20.7 Å². The number of nitrogens with zero attached hydrogens (tertiary/aromatic N) is 2. The lowest BCUT2D eigenvalue weighted by Gasteiger charge is -2.15. The van der Waals surface area contributed by atoms with E-state index in [4.69, 9.17) is 5.11 Å². The Hall–Kier alpha value is -1.95. The van der Waals surface area contributed by atoms with Gasteiger partial charge in [-0.05, 0) is 37.5 Å². The zero-order valence-corrected chi connectivity index (χ0v) is 9.81. The highest BCUT2D eigenvalue weighted by molar-refractivity contribution is 5.97. The van der Waals surface area contributed by atoms with E-state index < -0.39 is 0 Å². The predicted molar refractivity (Wildman–Crippen MR) is 65.0 cm³/mol. The van der Waals surface area contributed by atoms with Crippen LogP contribution in [0.1, 0.15) is 29.6 Å². The fourth-order valence-corrected chi connectivity index (χ4v) is 2.10. The zero-order chi connectivity index (χ0) is 12.6. The van der Waals surface area contributed by atoms with Crippen LogP contribution in [0.3, 0.4) is 0 Å². The van der Waals surface area contributed by atoms with Gasteiger partial charge in [-0.3, -0.25) is 4.79 Å². The molecule has 6 heteroatoms. The van der Waals surface area contributed by atoms with E-state index >= 15 is 0 Å². The van der Waals surface area contributed by atoms with Crippen molar-refractivity contribution in [3.63, 3.8) is 0 Å². The number of aromatic amines is 1. The van der Waals surface area contributed by atoms with Crippen molar-refractivity contribution >= 4 is 16.9 Å². The molecule has 6 nitrogen and oxygen atoms in total. The fraction of sp³-hybridized carbons (Fsp3) is 0.417. The standard InChI is InChI=1S/C12H14N4O2/c17-6-5-12(3-4-12)13-11(18)8-1-2-9-10(7-8)15-16-14-9/h1-2,7,17H,3-6H2,(H,13,18)(H,14,15,16). The third-order valence-corrected chi connectivity index (χ3v) is 3.40. The largest absolute Gasteiger partial charge is 0.396 e. The highest BCUT2D eigenvalue weighted by Crippen LogP contribution is 2.38. The molecule has 2 aromatic rings. The highest BCUT2D eigenvalue weighted by Gasteiger charge is 2.43. The van der Waals surface area contributed by atoms with Crippen molar-refractivity contribution in [2.75, 3.05) is 6.61 Å². The molecule has 1 aliphatic rings. The molecule has 1 fully saturated rings. The molecule has 1 aromatic carbocycles. The number of nitrogens with one attached hydrogen (secondary N) is 2. The number of hydrogen-bond acceptors (Lipinski definition) is 4. The quantitative estimate of drug-likeness (QED) is 0.737. The molecule has 0 bridgehead atoms. The molecule has 0 radical (unpaired) electrons. The lowest BCUT2D eigenvalue weighted by Crippen LogP contribution is -2.37. The Morgan fingerprint density at radius 3 is 2.89 bits per heavy atom. The molecule has 1 saturated carbocycles. The number of carbonyl (C=O) groups is 1. The number of aliphatic hydroxyl groups is 1. The molecule has 18 heavy (non-hydrogen) atoms. The fourth-order valence-electron chi connectivity index (χ4n) is 2.10. The summed E-state index contributed by atoms with van der Waals surface area (Å²) in [5, 5.41) is 22.4. The van der Waals surface area contributed by atoms with Crippen LogP contribution in [0.4, 0.5) is 0 Å². The van der Waals surface area contributed by atoms with Gasteiger partial charge in [-0.1, -0.05) is 0 Å². The molecule has 1 amide bonds. The Bertz CT molecular complexity index is 589. The molecular weight excluding hydrogens is 232 g/mol. The number of H-pyrrole nitrogens is 1. The van der Waals surface area contributed by atoms with Crippen molar-refractivity contribution in [3.05, 3.63) is 23.8 Å². The number of amides is 1. The molecule has 3 N–H and O–H groups in total. The van der Waals surface area contributed by atoms with Crippen LogP contribution in [0.25, 0.3) is 11.0 Å². The second-order valence-electron chi connectivity index (χ2n) is 4.74. The van der Waals surface area contributed by atoms with Gasteiger partial charge in [-0.15, -0.1) is 0 Å². The van der Waals surface area contributed by atoms with Crippen molar-refractivity contribution in [1.82, 2.24) is 20.7 Å². The zero-order valence-electron chi connectivity index (χ0n) is 9.81. The Labute approximate surface area is 103 Å². The first-order valence-electron chi connectivity index (χ1n) is 5.96. The minimum absolute atomic E-state index is 0.0998. The van der Waals surface area contributed by atoms with Crippen molar-refractivity contribution in [3.8, 4) is 0 Å². The second kappa shape index (κ2) is 4.06. The van der Waals surface area contributed by atoms with Crippen LogP contribution >= 0.6 is 0 Å². The van der Waals surface area contributed by atoms with E-state index in [1.165, 1.54) is 0 Å². The number of rotatable bonds is 4. The molecular formula is C12H14N4O2. The summed E-state index contributed by atoms with van der Waals surface area (Å²) in [7, 11) is 0. The molecule has 0 saturated heterocycles. The lowest BCUT2D eigenvalue weighted by atomic mass is 10.1. The third kappa shape index (κ3) is 1.95. The van der Waals surface area contributed by atoms with E-state index in [9.17, 15) is 4.79 Å². The van der Waals surface area contributed by atoms with E-state index in [0.29, 0.717) is 17.5 Å². The molecule has 1 aliphatic carbocycles. The van der Waals surface area contributed by atoms with Gasteiger partial charge in [-0.25, -0.2) is 0 Å². The normalized spacial score (nSPS) is 16.7. The number of benzene rings is 1. The highest BCUT2D eigenvalue weighted by atomic mass is 16.3. The average Bonchev–Trinajstić information content (AvgIpc) is 2.95. The lowest BCUT2D eigenvalue weighted by molar-refractivity contribution is 0.0923. The van der Waals surface area contributed by atoms with Crippen LogP contribution in [0.15, 0.2) is 18.2 Å². The van der Waals surface area contributed by atoms with E-state index in [1.807, 2.05) is 0 Å². The van der Waals surface area contributed by atoms with Crippen molar-refractivity contribution < 1.29 is 9.90 Å². The first-order chi connectivity index (χ1) is 8.72. The number of carbonyl (C=O) groups excluding carboxylic acids is 1. The Morgan fingerprint density at radius 2 is 2.17 bits per heavy atom. The molecule has 94 valence electrons. The minimum atomic E-state index is -0.190. The summed E-state index contributed by atoms with van der Waals surface area (Å²) in [6.07, 6.45) is 2.49. The van der Waals surface area contributed by atoms with E-state index in [0.717, 1.165) is 18.4 Å². The molecule has 0 unspecified atom stereocenters. The summed E-state index contributed by atoms with van der Waals surface area (Å²) >= 11 is 0. The Morgan fingerprint density at radius 1 is 1.39 bits per heavy atom. The molecule has 0 aliphatic heterocycles. The van der Waals surface area contributed by atoms with Crippen LogP contribution in [0.2, 0.25) is 0 Å².